The Labute approximate surface area is 75.4 Å². The lowest BCUT2D eigenvalue weighted by Crippen LogP contribution is -2.07. The minimum atomic E-state index is -1.92. The van der Waals surface area contributed by atoms with Crippen molar-refractivity contribution in [2.45, 2.75) is 0 Å². The Kier molecular flexibility index (Phi) is 1.67. The van der Waals surface area contributed by atoms with E-state index in [4.69, 9.17) is 5.41 Å². The van der Waals surface area contributed by atoms with Crippen LogP contribution in [0.25, 0.3) is 0 Å². The van der Waals surface area contributed by atoms with Crippen molar-refractivity contribution in [3.05, 3.63) is 34.4 Å². The van der Waals surface area contributed by atoms with Gasteiger partial charge in [0.25, 0.3) is 0 Å². The van der Waals surface area contributed by atoms with Crippen molar-refractivity contribution in [3.8, 4) is 0 Å². The summed E-state index contributed by atoms with van der Waals surface area (Å²) in [6.07, 6.45) is 0.790. The van der Waals surface area contributed by atoms with E-state index in [1.807, 2.05) is 0 Å². The smallest absolute Gasteiger partial charge is 0.198 e. The Hall–Kier alpha value is -1.72. The zero-order valence-electron chi connectivity index (χ0n) is 6.54. The van der Waals surface area contributed by atoms with E-state index >= 15 is 0 Å². The molecule has 72 valence electrons. The molecule has 1 heterocycles. The van der Waals surface area contributed by atoms with E-state index in [0.717, 1.165) is 6.21 Å². The van der Waals surface area contributed by atoms with Crippen molar-refractivity contribution in [1.82, 2.24) is 0 Å². The largest absolute Gasteiger partial charge is 0.282 e. The molecule has 1 aliphatic rings. The number of hydrogen-bond donors (Lipinski definition) is 1. The topological polar surface area (TPSA) is 36.2 Å². The fourth-order valence-electron chi connectivity index (χ4n) is 1.20. The Balaban J connectivity index is 2.89. The first-order valence-electron chi connectivity index (χ1n) is 3.53. The van der Waals surface area contributed by atoms with Crippen LogP contribution in [0.3, 0.4) is 0 Å². The van der Waals surface area contributed by atoms with Crippen LogP contribution in [0.1, 0.15) is 11.1 Å². The predicted octanol–water partition coefficient (Wildman–Crippen LogP) is 2.00. The molecule has 0 aromatic heterocycles. The number of nitrogens with one attached hydrogen (secondary N) is 1. The van der Waals surface area contributed by atoms with Crippen LogP contribution in [0.5, 0.6) is 0 Å². The third kappa shape index (κ3) is 0.905. The summed E-state index contributed by atoms with van der Waals surface area (Å²) in [7, 11) is 0. The molecule has 1 N–H and O–H groups in total. The molecule has 6 heteroatoms. The van der Waals surface area contributed by atoms with Gasteiger partial charge in [-0.1, -0.05) is 0 Å². The number of halogens is 4. The Morgan fingerprint density at radius 1 is 0.929 bits per heavy atom. The van der Waals surface area contributed by atoms with E-state index in [0.29, 0.717) is 0 Å². The average molecular weight is 202 g/mol. The second-order valence-electron chi connectivity index (χ2n) is 2.65. The maximum Gasteiger partial charge on any atom is 0.198 e. The van der Waals surface area contributed by atoms with Gasteiger partial charge in [0.15, 0.2) is 29.1 Å². The lowest BCUT2D eigenvalue weighted by Gasteiger charge is -2.03. The maximum absolute atomic E-state index is 13.0. The SMILES string of the molecule is N=C1N=Cc2c(F)c(F)c(F)c(F)c21. The molecule has 0 spiro atoms. The van der Waals surface area contributed by atoms with Crippen LogP contribution in [-0.4, -0.2) is 12.1 Å². The standard InChI is InChI=1S/C8H2F4N2/c9-4-2-1-14-8(13)3(2)5(10)7(12)6(4)11/h1,13H. The third-order valence-electron chi connectivity index (χ3n) is 1.86. The van der Waals surface area contributed by atoms with Gasteiger partial charge in [0, 0.05) is 11.8 Å². The molecule has 0 fully saturated rings. The lowest BCUT2D eigenvalue weighted by atomic mass is 10.1. The molecular formula is C8H2F4N2. The van der Waals surface area contributed by atoms with Crippen LogP contribution in [0.15, 0.2) is 4.99 Å². The van der Waals surface area contributed by atoms with Gasteiger partial charge in [-0.05, 0) is 0 Å². The van der Waals surface area contributed by atoms with Crippen molar-refractivity contribution in [2.24, 2.45) is 4.99 Å². The highest BCUT2D eigenvalue weighted by molar-refractivity contribution is 6.14. The number of hydrogen-bond acceptors (Lipinski definition) is 1. The van der Waals surface area contributed by atoms with Crippen molar-refractivity contribution in [2.75, 3.05) is 0 Å². The summed E-state index contributed by atoms with van der Waals surface area (Å²) in [4.78, 5) is 3.25. The molecule has 1 aliphatic heterocycles. The molecule has 2 nitrogen and oxygen atoms in total. The van der Waals surface area contributed by atoms with Gasteiger partial charge in [-0.25, -0.2) is 22.6 Å². The number of amidine groups is 1. The quantitative estimate of drug-likeness (QED) is 0.379. The number of nitrogens with zero attached hydrogens (tertiary/aromatic N) is 1. The second kappa shape index (κ2) is 2.63. The van der Waals surface area contributed by atoms with E-state index < -0.39 is 40.2 Å². The molecule has 1 aromatic rings. The van der Waals surface area contributed by atoms with Crippen LogP contribution in [-0.2, 0) is 0 Å². The first-order chi connectivity index (χ1) is 6.54. The Morgan fingerprint density at radius 3 is 2.14 bits per heavy atom. The van der Waals surface area contributed by atoms with Crippen LogP contribution in [0, 0.1) is 28.7 Å². The summed E-state index contributed by atoms with van der Waals surface area (Å²) < 4.78 is 51.3. The lowest BCUT2D eigenvalue weighted by molar-refractivity contribution is 0.408. The highest BCUT2D eigenvalue weighted by atomic mass is 19.2. The maximum atomic E-state index is 13.0. The molecule has 0 radical (unpaired) electrons. The summed E-state index contributed by atoms with van der Waals surface area (Å²) >= 11 is 0. The normalized spacial score (nSPS) is 13.6. The monoisotopic (exact) mass is 202 g/mol. The third-order valence-corrected chi connectivity index (χ3v) is 1.86. The zero-order valence-corrected chi connectivity index (χ0v) is 6.54. The minimum absolute atomic E-state index is 0.522. The van der Waals surface area contributed by atoms with Crippen molar-refractivity contribution in [3.63, 3.8) is 0 Å². The molecule has 0 saturated heterocycles. The first-order valence-corrected chi connectivity index (χ1v) is 3.53. The second-order valence-corrected chi connectivity index (χ2v) is 2.65. The van der Waals surface area contributed by atoms with Gasteiger partial charge in [0.2, 0.25) is 0 Å². The van der Waals surface area contributed by atoms with Gasteiger partial charge in [-0.2, -0.15) is 0 Å². The van der Waals surface area contributed by atoms with E-state index in [2.05, 4.69) is 4.99 Å². The molecule has 0 aliphatic carbocycles. The summed E-state index contributed by atoms with van der Waals surface area (Å²) in [5.74, 6) is -7.53. The molecular weight excluding hydrogens is 200 g/mol. The molecule has 0 saturated carbocycles. The molecule has 2 rings (SSSR count). The van der Waals surface area contributed by atoms with Gasteiger partial charge in [0.1, 0.15) is 0 Å². The molecule has 0 atom stereocenters. The van der Waals surface area contributed by atoms with Gasteiger partial charge < -0.3 is 0 Å². The van der Waals surface area contributed by atoms with Gasteiger partial charge in [-0.3, -0.25) is 5.41 Å². The van der Waals surface area contributed by atoms with E-state index in [1.54, 1.807) is 0 Å². The van der Waals surface area contributed by atoms with Crippen LogP contribution in [0.2, 0.25) is 0 Å². The van der Waals surface area contributed by atoms with Crippen LogP contribution < -0.4 is 0 Å². The fourth-order valence-corrected chi connectivity index (χ4v) is 1.20. The summed E-state index contributed by atoms with van der Waals surface area (Å²) in [6, 6.07) is 0. The van der Waals surface area contributed by atoms with Crippen molar-refractivity contribution < 1.29 is 17.6 Å². The number of benzene rings is 1. The average Bonchev–Trinajstić information content (AvgIpc) is 2.54. The molecule has 0 amide bonds. The van der Waals surface area contributed by atoms with Crippen LogP contribution in [0.4, 0.5) is 17.6 Å². The van der Waals surface area contributed by atoms with Crippen LogP contribution >= 0.6 is 0 Å². The first kappa shape index (κ1) is 8.86. The summed E-state index contributed by atoms with van der Waals surface area (Å²) in [5, 5.41) is 7.04. The fraction of sp³-hybridized carbons (Fsp3) is 0. The van der Waals surface area contributed by atoms with E-state index in [-0.39, 0.29) is 0 Å². The number of fused-ring (bicyclic) bond motifs is 1. The van der Waals surface area contributed by atoms with Crippen molar-refractivity contribution >= 4 is 12.1 Å². The molecule has 0 unspecified atom stereocenters. The zero-order chi connectivity index (χ0) is 10.5. The van der Waals surface area contributed by atoms with E-state index in [9.17, 15) is 17.6 Å². The summed E-state index contributed by atoms with van der Waals surface area (Å²) in [6.45, 7) is 0. The molecule has 0 bridgehead atoms. The van der Waals surface area contributed by atoms with Crippen molar-refractivity contribution in [1.29, 1.82) is 5.41 Å². The Morgan fingerprint density at radius 2 is 1.50 bits per heavy atom. The molecule has 14 heavy (non-hydrogen) atoms. The minimum Gasteiger partial charge on any atom is -0.282 e. The number of rotatable bonds is 0. The number of aliphatic imine (C=N–C) groups is 1. The van der Waals surface area contributed by atoms with Gasteiger partial charge in [-0.15, -0.1) is 0 Å². The Bertz CT molecular complexity index is 479. The van der Waals surface area contributed by atoms with E-state index in [1.165, 1.54) is 0 Å². The highest BCUT2D eigenvalue weighted by Gasteiger charge is 2.29. The van der Waals surface area contributed by atoms with Gasteiger partial charge in [0.05, 0.1) is 5.56 Å². The predicted molar refractivity (Wildman–Crippen MR) is 40.7 cm³/mol. The van der Waals surface area contributed by atoms with Gasteiger partial charge >= 0.3 is 0 Å². The summed E-state index contributed by atoms with van der Waals surface area (Å²) in [5.41, 5.74) is -1.16. The highest BCUT2D eigenvalue weighted by Crippen LogP contribution is 2.26. The molecule has 1 aromatic carbocycles.